The Bertz CT molecular complexity index is 1260. The molecule has 2 unspecified atom stereocenters. The zero-order valence-electron chi connectivity index (χ0n) is 21.7. The zero-order chi connectivity index (χ0) is 26.4. The number of fused-ring (bicyclic) bond motifs is 2. The number of carbonyl (C=O) groups is 2. The van der Waals surface area contributed by atoms with E-state index in [1.807, 2.05) is 54.8 Å². The van der Waals surface area contributed by atoms with Crippen molar-refractivity contribution in [1.82, 2.24) is 25.2 Å². The van der Waals surface area contributed by atoms with Crippen LogP contribution in [0.3, 0.4) is 0 Å². The molecule has 2 aromatic carbocycles. The SMILES string of the molecule is CC(C)c1cc(C#N)ccc1OCC(=O)N1CCC2CN(C=O)CC2CC1.Cc1ccc2n[nH]nc2c1. The van der Waals surface area contributed by atoms with Gasteiger partial charge in [-0.3, -0.25) is 9.59 Å². The largest absolute Gasteiger partial charge is 0.483 e. The molecule has 2 saturated heterocycles. The molecule has 2 amide bonds. The van der Waals surface area contributed by atoms with E-state index in [-0.39, 0.29) is 18.4 Å². The molecular weight excluding hydrogens is 468 g/mol. The van der Waals surface area contributed by atoms with Gasteiger partial charge in [-0.25, -0.2) is 0 Å². The van der Waals surface area contributed by atoms with E-state index in [2.05, 4.69) is 21.5 Å². The van der Waals surface area contributed by atoms with Crippen molar-refractivity contribution in [2.75, 3.05) is 32.8 Å². The maximum absolute atomic E-state index is 12.7. The number of ether oxygens (including phenoxy) is 1. The van der Waals surface area contributed by atoms with Crippen LogP contribution in [-0.2, 0) is 9.59 Å². The predicted octanol–water partition coefficient (Wildman–Crippen LogP) is 3.65. The number of hydrogen-bond donors (Lipinski definition) is 1. The highest BCUT2D eigenvalue weighted by Crippen LogP contribution is 2.31. The summed E-state index contributed by atoms with van der Waals surface area (Å²) < 4.78 is 5.83. The number of benzene rings is 2. The van der Waals surface area contributed by atoms with Crippen molar-refractivity contribution < 1.29 is 14.3 Å². The fourth-order valence-electron chi connectivity index (χ4n) is 5.10. The van der Waals surface area contributed by atoms with Crippen LogP contribution in [0.4, 0.5) is 0 Å². The fourth-order valence-corrected chi connectivity index (χ4v) is 5.10. The maximum atomic E-state index is 12.7. The molecule has 194 valence electrons. The van der Waals surface area contributed by atoms with Gasteiger partial charge >= 0.3 is 0 Å². The molecule has 3 heterocycles. The Morgan fingerprint density at radius 3 is 2.49 bits per heavy atom. The number of rotatable bonds is 5. The minimum absolute atomic E-state index is 0.00119. The molecule has 0 bridgehead atoms. The third kappa shape index (κ3) is 6.45. The number of nitriles is 1. The summed E-state index contributed by atoms with van der Waals surface area (Å²) in [7, 11) is 0. The third-order valence-corrected chi connectivity index (χ3v) is 7.23. The van der Waals surface area contributed by atoms with Gasteiger partial charge in [0.15, 0.2) is 6.61 Å². The molecule has 2 atom stereocenters. The molecule has 9 nitrogen and oxygen atoms in total. The standard InChI is InChI=1S/C21H27N3O3.C7H7N3/c1-15(2)19-9-16(10-22)3-4-20(19)27-13-21(26)24-7-5-17-11-23(14-25)12-18(17)6-8-24;1-5-2-3-6-7(4-5)9-10-8-6/h3-4,9,14-15,17-18H,5-8,11-13H2,1-2H3;2-4H,1H3,(H,8,9,10). The summed E-state index contributed by atoms with van der Waals surface area (Å²) in [5.41, 5.74) is 4.61. The second-order valence-corrected chi connectivity index (χ2v) is 10.2. The molecule has 1 N–H and O–H groups in total. The minimum Gasteiger partial charge on any atom is -0.483 e. The zero-order valence-corrected chi connectivity index (χ0v) is 21.7. The molecule has 0 aliphatic carbocycles. The first kappa shape index (κ1) is 26.1. The molecule has 1 aromatic heterocycles. The van der Waals surface area contributed by atoms with E-state index in [1.54, 1.807) is 12.1 Å². The van der Waals surface area contributed by atoms with E-state index < -0.39 is 0 Å². The highest BCUT2D eigenvalue weighted by Gasteiger charge is 2.35. The summed E-state index contributed by atoms with van der Waals surface area (Å²) in [6, 6.07) is 13.4. The van der Waals surface area contributed by atoms with Crippen LogP contribution in [0.15, 0.2) is 36.4 Å². The first-order valence-corrected chi connectivity index (χ1v) is 12.8. The lowest BCUT2D eigenvalue weighted by atomic mass is 9.92. The van der Waals surface area contributed by atoms with Crippen LogP contribution in [0.25, 0.3) is 11.0 Å². The molecule has 0 spiro atoms. The third-order valence-electron chi connectivity index (χ3n) is 7.23. The van der Waals surface area contributed by atoms with Crippen molar-refractivity contribution in [3.63, 3.8) is 0 Å². The first-order valence-electron chi connectivity index (χ1n) is 12.8. The van der Waals surface area contributed by atoms with Gasteiger partial charge in [0.25, 0.3) is 5.91 Å². The van der Waals surface area contributed by atoms with Gasteiger partial charge in [-0.2, -0.15) is 20.7 Å². The van der Waals surface area contributed by atoms with Gasteiger partial charge in [0.2, 0.25) is 6.41 Å². The van der Waals surface area contributed by atoms with E-state index in [0.717, 1.165) is 62.0 Å². The maximum Gasteiger partial charge on any atom is 0.260 e. The Morgan fingerprint density at radius 1 is 1.14 bits per heavy atom. The van der Waals surface area contributed by atoms with Gasteiger partial charge in [0, 0.05) is 26.2 Å². The van der Waals surface area contributed by atoms with Crippen LogP contribution in [0.5, 0.6) is 5.75 Å². The lowest BCUT2D eigenvalue weighted by Gasteiger charge is -2.22. The summed E-state index contributed by atoms with van der Waals surface area (Å²) in [5.74, 6) is 1.88. The Morgan fingerprint density at radius 2 is 1.84 bits per heavy atom. The van der Waals surface area contributed by atoms with E-state index in [1.165, 1.54) is 5.56 Å². The second-order valence-electron chi connectivity index (χ2n) is 10.2. The number of aromatic nitrogens is 3. The topological polar surface area (TPSA) is 115 Å². The van der Waals surface area contributed by atoms with Gasteiger partial charge in [-0.1, -0.05) is 19.9 Å². The van der Waals surface area contributed by atoms with E-state index in [0.29, 0.717) is 23.1 Å². The molecule has 3 aromatic rings. The Kier molecular flexibility index (Phi) is 8.39. The number of amides is 2. The van der Waals surface area contributed by atoms with Gasteiger partial charge in [-0.05, 0) is 79.0 Å². The normalized spacial score (nSPS) is 19.0. The number of H-pyrrole nitrogens is 1. The average Bonchev–Trinajstić information content (AvgIpc) is 3.48. The minimum atomic E-state index is 0.00119. The van der Waals surface area contributed by atoms with Crippen molar-refractivity contribution in [3.8, 4) is 11.8 Å². The van der Waals surface area contributed by atoms with Gasteiger partial charge in [0.05, 0.1) is 11.6 Å². The molecule has 37 heavy (non-hydrogen) atoms. The summed E-state index contributed by atoms with van der Waals surface area (Å²) in [6.07, 6.45) is 2.82. The van der Waals surface area contributed by atoms with Crippen LogP contribution in [-0.4, -0.2) is 70.3 Å². The van der Waals surface area contributed by atoms with Crippen LogP contribution >= 0.6 is 0 Å². The number of aromatic amines is 1. The van der Waals surface area contributed by atoms with Crippen molar-refractivity contribution in [2.24, 2.45) is 11.8 Å². The van der Waals surface area contributed by atoms with Crippen molar-refractivity contribution >= 4 is 23.4 Å². The Balaban J connectivity index is 0.000000265. The molecule has 2 aliphatic heterocycles. The summed E-state index contributed by atoms with van der Waals surface area (Å²) in [4.78, 5) is 27.4. The van der Waals surface area contributed by atoms with Crippen LogP contribution in [0.2, 0.25) is 0 Å². The molecule has 2 fully saturated rings. The number of nitrogens with one attached hydrogen (secondary N) is 1. The number of hydrogen-bond acceptors (Lipinski definition) is 6. The monoisotopic (exact) mass is 502 g/mol. The van der Waals surface area contributed by atoms with Gasteiger partial charge < -0.3 is 14.5 Å². The molecule has 9 heteroatoms. The van der Waals surface area contributed by atoms with Crippen LogP contribution in [0, 0.1) is 30.1 Å². The Hall–Kier alpha value is -3.93. The smallest absolute Gasteiger partial charge is 0.260 e. The fraction of sp³-hybridized carbons (Fsp3) is 0.464. The summed E-state index contributed by atoms with van der Waals surface area (Å²) in [6.45, 7) is 9.21. The van der Waals surface area contributed by atoms with Crippen molar-refractivity contribution in [2.45, 2.75) is 39.5 Å². The Labute approximate surface area is 217 Å². The highest BCUT2D eigenvalue weighted by atomic mass is 16.5. The average molecular weight is 503 g/mol. The van der Waals surface area contributed by atoms with Crippen LogP contribution < -0.4 is 4.74 Å². The second kappa shape index (κ2) is 11.9. The molecule has 0 saturated carbocycles. The quantitative estimate of drug-likeness (QED) is 0.533. The summed E-state index contributed by atoms with van der Waals surface area (Å²) in [5, 5.41) is 19.5. The number of likely N-dealkylation sites (tertiary alicyclic amines) is 2. The molecule has 2 aliphatic rings. The van der Waals surface area contributed by atoms with Crippen molar-refractivity contribution in [1.29, 1.82) is 5.26 Å². The van der Waals surface area contributed by atoms with E-state index >= 15 is 0 Å². The van der Waals surface area contributed by atoms with Crippen molar-refractivity contribution in [3.05, 3.63) is 53.1 Å². The van der Waals surface area contributed by atoms with E-state index in [9.17, 15) is 9.59 Å². The number of carbonyl (C=O) groups excluding carboxylic acids is 2. The molecule has 0 radical (unpaired) electrons. The molecular formula is C28H34N6O3. The molecule has 5 rings (SSSR count). The number of aryl methyl sites for hydroxylation is 1. The van der Waals surface area contributed by atoms with Crippen LogP contribution in [0.1, 0.15) is 49.3 Å². The first-order chi connectivity index (χ1) is 17.9. The van der Waals surface area contributed by atoms with Gasteiger partial charge in [0.1, 0.15) is 16.8 Å². The van der Waals surface area contributed by atoms with Gasteiger partial charge in [-0.15, -0.1) is 0 Å². The lowest BCUT2D eigenvalue weighted by molar-refractivity contribution is -0.133. The summed E-state index contributed by atoms with van der Waals surface area (Å²) >= 11 is 0. The number of nitrogens with zero attached hydrogens (tertiary/aromatic N) is 5. The highest BCUT2D eigenvalue weighted by molar-refractivity contribution is 5.78. The van der Waals surface area contributed by atoms with E-state index in [4.69, 9.17) is 10.00 Å². The predicted molar refractivity (Wildman–Crippen MR) is 140 cm³/mol. The lowest BCUT2D eigenvalue weighted by Crippen LogP contribution is -2.36.